The van der Waals surface area contributed by atoms with Gasteiger partial charge in [-0.05, 0) is 45.0 Å². The third-order valence-electron chi connectivity index (χ3n) is 4.40. The van der Waals surface area contributed by atoms with Gasteiger partial charge in [-0.3, -0.25) is 4.99 Å². The lowest BCUT2D eigenvalue weighted by Crippen LogP contribution is -2.42. The molecule has 0 radical (unpaired) electrons. The van der Waals surface area contributed by atoms with Gasteiger partial charge in [-0.15, -0.1) is 0 Å². The first-order valence-electron chi connectivity index (χ1n) is 8.67. The minimum atomic E-state index is 0.514. The van der Waals surface area contributed by atoms with E-state index in [0.29, 0.717) is 13.2 Å². The molecule has 0 atom stereocenters. The van der Waals surface area contributed by atoms with Gasteiger partial charge < -0.3 is 20.3 Å². The van der Waals surface area contributed by atoms with Gasteiger partial charge in [-0.25, -0.2) is 0 Å². The van der Waals surface area contributed by atoms with Crippen LogP contribution in [0.4, 0.5) is 0 Å². The average Bonchev–Trinajstić information content (AvgIpc) is 2.62. The van der Waals surface area contributed by atoms with Gasteiger partial charge >= 0.3 is 0 Å². The van der Waals surface area contributed by atoms with Gasteiger partial charge in [0.1, 0.15) is 12.4 Å². The standard InChI is InChI=1S/C19H30N4O/c1-4-13-24-18-8-6-5-7-17(18)15-22-19(20-2)21-14-16-9-11-23(3)12-10-16/h4-8,16H,1,9-15H2,2-3H3,(H2,20,21,22). The number of hydrogen-bond donors (Lipinski definition) is 2. The summed E-state index contributed by atoms with van der Waals surface area (Å²) in [6.45, 7) is 8.24. The summed E-state index contributed by atoms with van der Waals surface area (Å²) in [4.78, 5) is 6.71. The van der Waals surface area contributed by atoms with Crippen LogP contribution in [0.15, 0.2) is 41.9 Å². The number of nitrogens with zero attached hydrogens (tertiary/aromatic N) is 2. The van der Waals surface area contributed by atoms with Crippen LogP contribution in [0.2, 0.25) is 0 Å². The summed E-state index contributed by atoms with van der Waals surface area (Å²) in [5, 5.41) is 6.82. The molecule has 0 amide bonds. The number of likely N-dealkylation sites (tertiary alicyclic amines) is 1. The number of guanidine groups is 1. The summed E-state index contributed by atoms with van der Waals surface area (Å²) in [5.41, 5.74) is 1.11. The van der Waals surface area contributed by atoms with E-state index in [2.05, 4.69) is 40.2 Å². The normalized spacial score (nSPS) is 16.7. The number of nitrogens with one attached hydrogen (secondary N) is 2. The van der Waals surface area contributed by atoms with Gasteiger partial charge in [0.05, 0.1) is 0 Å². The molecule has 2 rings (SSSR count). The fraction of sp³-hybridized carbons (Fsp3) is 0.526. The molecular formula is C19H30N4O. The van der Waals surface area contributed by atoms with Crippen molar-refractivity contribution in [2.24, 2.45) is 10.9 Å². The van der Waals surface area contributed by atoms with Crippen LogP contribution in [0, 0.1) is 5.92 Å². The zero-order valence-corrected chi connectivity index (χ0v) is 14.9. The quantitative estimate of drug-likeness (QED) is 0.457. The van der Waals surface area contributed by atoms with Crippen molar-refractivity contribution in [1.82, 2.24) is 15.5 Å². The maximum absolute atomic E-state index is 5.69. The van der Waals surface area contributed by atoms with Crippen LogP contribution < -0.4 is 15.4 Å². The van der Waals surface area contributed by atoms with Crippen molar-refractivity contribution in [1.29, 1.82) is 0 Å². The van der Waals surface area contributed by atoms with E-state index in [0.717, 1.165) is 29.7 Å². The zero-order chi connectivity index (χ0) is 17.2. The Morgan fingerprint density at radius 3 is 2.79 bits per heavy atom. The minimum Gasteiger partial charge on any atom is -0.489 e. The molecule has 0 spiro atoms. The molecule has 2 N–H and O–H groups in total. The molecular weight excluding hydrogens is 300 g/mol. The number of ether oxygens (including phenoxy) is 1. The highest BCUT2D eigenvalue weighted by atomic mass is 16.5. The van der Waals surface area contributed by atoms with Gasteiger partial charge in [0.2, 0.25) is 0 Å². The van der Waals surface area contributed by atoms with Gasteiger partial charge in [-0.2, -0.15) is 0 Å². The first-order chi connectivity index (χ1) is 11.7. The Balaban J connectivity index is 1.80. The molecule has 1 aliphatic heterocycles. The summed E-state index contributed by atoms with van der Waals surface area (Å²) in [6, 6.07) is 8.05. The number of aliphatic imine (C=N–C) groups is 1. The first-order valence-corrected chi connectivity index (χ1v) is 8.67. The third kappa shape index (κ3) is 5.89. The molecule has 1 aromatic rings. The van der Waals surface area contributed by atoms with E-state index in [1.807, 2.05) is 25.2 Å². The van der Waals surface area contributed by atoms with E-state index < -0.39 is 0 Å². The van der Waals surface area contributed by atoms with E-state index >= 15 is 0 Å². The summed E-state index contributed by atoms with van der Waals surface area (Å²) in [5.74, 6) is 2.45. The highest BCUT2D eigenvalue weighted by molar-refractivity contribution is 5.79. The lowest BCUT2D eigenvalue weighted by atomic mass is 9.97. The Morgan fingerprint density at radius 2 is 2.08 bits per heavy atom. The molecule has 5 heteroatoms. The molecule has 0 aromatic heterocycles. The Labute approximate surface area is 145 Å². The number of hydrogen-bond acceptors (Lipinski definition) is 3. The molecule has 132 valence electrons. The van der Waals surface area contributed by atoms with Crippen LogP contribution in [-0.4, -0.2) is 51.2 Å². The molecule has 1 heterocycles. The maximum atomic E-state index is 5.69. The van der Waals surface area contributed by atoms with Crippen LogP contribution in [0.25, 0.3) is 0 Å². The zero-order valence-electron chi connectivity index (χ0n) is 14.9. The highest BCUT2D eigenvalue weighted by Gasteiger charge is 2.16. The Hall–Kier alpha value is -2.01. The molecule has 1 fully saturated rings. The number of para-hydroxylation sites is 1. The number of piperidine rings is 1. The van der Waals surface area contributed by atoms with Gasteiger partial charge in [0.15, 0.2) is 5.96 Å². The summed E-state index contributed by atoms with van der Waals surface area (Å²) < 4.78 is 5.69. The predicted octanol–water partition coefficient (Wildman–Crippen LogP) is 2.26. The topological polar surface area (TPSA) is 48.9 Å². The molecule has 1 aliphatic rings. The fourth-order valence-corrected chi connectivity index (χ4v) is 2.85. The molecule has 0 saturated carbocycles. The van der Waals surface area contributed by atoms with Crippen molar-refractivity contribution in [3.05, 3.63) is 42.5 Å². The van der Waals surface area contributed by atoms with Crippen molar-refractivity contribution in [3.8, 4) is 5.75 Å². The van der Waals surface area contributed by atoms with E-state index in [1.54, 1.807) is 6.08 Å². The number of rotatable bonds is 7. The highest BCUT2D eigenvalue weighted by Crippen LogP contribution is 2.18. The summed E-state index contributed by atoms with van der Waals surface area (Å²) in [6.07, 6.45) is 4.25. The van der Waals surface area contributed by atoms with Crippen molar-refractivity contribution in [3.63, 3.8) is 0 Å². The van der Waals surface area contributed by atoms with Crippen LogP contribution in [-0.2, 0) is 6.54 Å². The second-order valence-electron chi connectivity index (χ2n) is 6.26. The monoisotopic (exact) mass is 330 g/mol. The lowest BCUT2D eigenvalue weighted by molar-refractivity contribution is 0.220. The van der Waals surface area contributed by atoms with E-state index in [1.165, 1.54) is 25.9 Å². The predicted molar refractivity (Wildman–Crippen MR) is 101 cm³/mol. The molecule has 0 unspecified atom stereocenters. The lowest BCUT2D eigenvalue weighted by Gasteiger charge is -2.29. The molecule has 1 saturated heterocycles. The first kappa shape index (κ1) is 18.3. The molecule has 5 nitrogen and oxygen atoms in total. The number of benzene rings is 1. The Morgan fingerprint density at radius 1 is 1.33 bits per heavy atom. The largest absolute Gasteiger partial charge is 0.489 e. The molecule has 0 aliphatic carbocycles. The molecule has 0 bridgehead atoms. The van der Waals surface area contributed by atoms with Crippen LogP contribution >= 0.6 is 0 Å². The van der Waals surface area contributed by atoms with Crippen molar-refractivity contribution < 1.29 is 4.74 Å². The van der Waals surface area contributed by atoms with E-state index in [-0.39, 0.29) is 0 Å². The molecule has 1 aromatic carbocycles. The average molecular weight is 330 g/mol. The van der Waals surface area contributed by atoms with Gasteiger partial charge in [-0.1, -0.05) is 30.9 Å². The van der Waals surface area contributed by atoms with Crippen molar-refractivity contribution in [2.45, 2.75) is 19.4 Å². The summed E-state index contributed by atoms with van der Waals surface area (Å²) in [7, 11) is 4.00. The van der Waals surface area contributed by atoms with Gasteiger partial charge in [0.25, 0.3) is 0 Å². The van der Waals surface area contributed by atoms with E-state index in [4.69, 9.17) is 4.74 Å². The van der Waals surface area contributed by atoms with Crippen molar-refractivity contribution in [2.75, 3.05) is 40.3 Å². The van der Waals surface area contributed by atoms with E-state index in [9.17, 15) is 0 Å². The summed E-state index contributed by atoms with van der Waals surface area (Å²) >= 11 is 0. The van der Waals surface area contributed by atoms with Crippen LogP contribution in [0.5, 0.6) is 5.75 Å². The Bertz CT molecular complexity index is 536. The molecule has 24 heavy (non-hydrogen) atoms. The van der Waals surface area contributed by atoms with Crippen molar-refractivity contribution >= 4 is 5.96 Å². The second kappa shape index (κ2) is 9.98. The SMILES string of the molecule is C=CCOc1ccccc1CNC(=NC)NCC1CCN(C)CC1. The van der Waals surface area contributed by atoms with Gasteiger partial charge in [0, 0.05) is 25.7 Å². The third-order valence-corrected chi connectivity index (χ3v) is 4.40. The smallest absolute Gasteiger partial charge is 0.191 e. The minimum absolute atomic E-state index is 0.514. The Kier molecular flexibility index (Phi) is 7.62. The fourth-order valence-electron chi connectivity index (χ4n) is 2.85. The maximum Gasteiger partial charge on any atom is 0.191 e. The second-order valence-corrected chi connectivity index (χ2v) is 6.26. The van der Waals surface area contributed by atoms with Crippen LogP contribution in [0.1, 0.15) is 18.4 Å². The van der Waals surface area contributed by atoms with Crippen LogP contribution in [0.3, 0.4) is 0 Å².